The van der Waals surface area contributed by atoms with E-state index in [-0.39, 0.29) is 18.5 Å². The number of hydrogen-bond acceptors (Lipinski definition) is 7. The van der Waals surface area contributed by atoms with Crippen molar-refractivity contribution in [3.63, 3.8) is 0 Å². The molecule has 26 heavy (non-hydrogen) atoms. The van der Waals surface area contributed by atoms with E-state index in [1.807, 2.05) is 39.8 Å². The van der Waals surface area contributed by atoms with Crippen molar-refractivity contribution in [2.45, 2.75) is 76.1 Å². The van der Waals surface area contributed by atoms with E-state index in [0.717, 1.165) is 11.1 Å². The number of phenols is 1. The zero-order valence-electron chi connectivity index (χ0n) is 15.4. The van der Waals surface area contributed by atoms with Crippen LogP contribution in [0.4, 0.5) is 0 Å². The zero-order valence-corrected chi connectivity index (χ0v) is 15.4. The summed E-state index contributed by atoms with van der Waals surface area (Å²) >= 11 is 0. The summed E-state index contributed by atoms with van der Waals surface area (Å²) in [5.41, 5.74) is 0.707. The Labute approximate surface area is 152 Å². The highest BCUT2D eigenvalue weighted by Crippen LogP contribution is 2.57. The van der Waals surface area contributed by atoms with Crippen molar-refractivity contribution >= 4 is 0 Å². The summed E-state index contributed by atoms with van der Waals surface area (Å²) in [6.07, 6.45) is -1.84. The SMILES string of the molecule is CC1(C)OC[C@H]([C@H]2O[C@@H]3OC(C)(C)O[C@@H]3[C@@]23OCc2c(O)cccc23)O1. The van der Waals surface area contributed by atoms with Crippen LogP contribution < -0.4 is 0 Å². The third kappa shape index (κ3) is 2.22. The number of hydrogen-bond donors (Lipinski definition) is 1. The summed E-state index contributed by atoms with van der Waals surface area (Å²) in [5, 5.41) is 10.3. The fourth-order valence-corrected chi connectivity index (χ4v) is 4.59. The summed E-state index contributed by atoms with van der Waals surface area (Å²) in [4.78, 5) is 0. The van der Waals surface area contributed by atoms with Gasteiger partial charge in [0.15, 0.2) is 23.5 Å². The molecule has 5 atom stereocenters. The number of fused-ring (bicyclic) bond motifs is 4. The molecule has 1 N–H and O–H groups in total. The molecule has 0 unspecified atom stereocenters. The molecule has 0 saturated carbocycles. The first-order valence-electron chi connectivity index (χ1n) is 9.00. The molecule has 1 aromatic carbocycles. The topological polar surface area (TPSA) is 75.6 Å². The van der Waals surface area contributed by atoms with E-state index >= 15 is 0 Å². The molecule has 4 aliphatic rings. The van der Waals surface area contributed by atoms with Crippen LogP contribution in [0.5, 0.6) is 5.75 Å². The van der Waals surface area contributed by atoms with Gasteiger partial charge in [0.25, 0.3) is 0 Å². The molecule has 142 valence electrons. The van der Waals surface area contributed by atoms with Crippen molar-refractivity contribution in [1.29, 1.82) is 0 Å². The van der Waals surface area contributed by atoms with Gasteiger partial charge in [-0.15, -0.1) is 0 Å². The number of rotatable bonds is 1. The highest BCUT2D eigenvalue weighted by molar-refractivity contribution is 5.47. The molecular weight excluding hydrogens is 340 g/mol. The quantitative estimate of drug-likeness (QED) is 0.818. The number of phenolic OH excluding ortho intramolecular Hbond substituents is 1. The third-order valence-electron chi connectivity index (χ3n) is 5.58. The third-order valence-corrected chi connectivity index (χ3v) is 5.58. The van der Waals surface area contributed by atoms with E-state index in [0.29, 0.717) is 6.61 Å². The second-order valence-corrected chi connectivity index (χ2v) is 8.23. The molecule has 0 aromatic heterocycles. The highest BCUT2D eigenvalue weighted by atomic mass is 16.9. The summed E-state index contributed by atoms with van der Waals surface area (Å²) in [6.45, 7) is 8.13. The molecule has 1 spiro atoms. The minimum Gasteiger partial charge on any atom is -0.508 e. The van der Waals surface area contributed by atoms with Crippen LogP contribution in [0.15, 0.2) is 18.2 Å². The van der Waals surface area contributed by atoms with Gasteiger partial charge < -0.3 is 33.5 Å². The lowest BCUT2D eigenvalue weighted by Crippen LogP contribution is -2.51. The van der Waals surface area contributed by atoms with Gasteiger partial charge in [-0.3, -0.25) is 0 Å². The van der Waals surface area contributed by atoms with Crippen LogP contribution in [0, 0.1) is 0 Å². The predicted octanol–water partition coefficient (Wildman–Crippen LogP) is 2.15. The summed E-state index contributed by atoms with van der Waals surface area (Å²) in [6, 6.07) is 5.43. The van der Waals surface area contributed by atoms with E-state index in [9.17, 15) is 5.11 Å². The Kier molecular flexibility index (Phi) is 3.37. The summed E-state index contributed by atoms with van der Waals surface area (Å²) in [7, 11) is 0. The Bertz CT molecular complexity index is 745. The zero-order chi connectivity index (χ0) is 18.3. The van der Waals surface area contributed by atoms with E-state index in [4.69, 9.17) is 28.4 Å². The number of aromatic hydroxyl groups is 1. The second kappa shape index (κ2) is 5.19. The Hall–Kier alpha value is -1.22. The molecular formula is C19H24O7. The van der Waals surface area contributed by atoms with Crippen molar-refractivity contribution in [1.82, 2.24) is 0 Å². The average Bonchev–Trinajstić information content (AvgIpc) is 3.24. The molecule has 0 amide bonds. The first-order chi connectivity index (χ1) is 12.2. The van der Waals surface area contributed by atoms with Gasteiger partial charge in [0.1, 0.15) is 24.1 Å². The average molecular weight is 364 g/mol. The molecule has 5 rings (SSSR count). The predicted molar refractivity (Wildman–Crippen MR) is 88.2 cm³/mol. The molecule has 1 aromatic rings. The molecule has 4 aliphatic heterocycles. The maximum atomic E-state index is 10.3. The molecule has 3 fully saturated rings. The van der Waals surface area contributed by atoms with Crippen molar-refractivity contribution in [2.24, 2.45) is 0 Å². The fourth-order valence-electron chi connectivity index (χ4n) is 4.59. The molecule has 0 bridgehead atoms. The Morgan fingerprint density at radius 3 is 2.50 bits per heavy atom. The molecule has 4 heterocycles. The van der Waals surface area contributed by atoms with Crippen LogP contribution in [-0.4, -0.2) is 47.9 Å². The minimum absolute atomic E-state index is 0.212. The van der Waals surface area contributed by atoms with Crippen LogP contribution in [0.25, 0.3) is 0 Å². The Balaban J connectivity index is 1.61. The molecule has 3 saturated heterocycles. The van der Waals surface area contributed by atoms with Gasteiger partial charge in [-0.05, 0) is 39.3 Å². The number of benzene rings is 1. The van der Waals surface area contributed by atoms with Crippen LogP contribution in [0.3, 0.4) is 0 Å². The van der Waals surface area contributed by atoms with Crippen molar-refractivity contribution in [2.75, 3.05) is 6.61 Å². The fraction of sp³-hybridized carbons (Fsp3) is 0.684. The van der Waals surface area contributed by atoms with Crippen LogP contribution >= 0.6 is 0 Å². The smallest absolute Gasteiger partial charge is 0.191 e. The van der Waals surface area contributed by atoms with Gasteiger partial charge in [-0.25, -0.2) is 0 Å². The van der Waals surface area contributed by atoms with Crippen molar-refractivity contribution in [3.05, 3.63) is 29.3 Å². The van der Waals surface area contributed by atoms with Gasteiger partial charge in [-0.1, -0.05) is 12.1 Å². The largest absolute Gasteiger partial charge is 0.508 e. The maximum Gasteiger partial charge on any atom is 0.191 e. The highest BCUT2D eigenvalue weighted by Gasteiger charge is 2.70. The minimum atomic E-state index is -0.916. The lowest BCUT2D eigenvalue weighted by atomic mass is 9.82. The van der Waals surface area contributed by atoms with Crippen molar-refractivity contribution in [3.8, 4) is 5.75 Å². The van der Waals surface area contributed by atoms with E-state index in [2.05, 4.69) is 0 Å². The molecule has 7 nitrogen and oxygen atoms in total. The van der Waals surface area contributed by atoms with Gasteiger partial charge >= 0.3 is 0 Å². The van der Waals surface area contributed by atoms with Gasteiger partial charge in [0.2, 0.25) is 0 Å². The molecule has 0 radical (unpaired) electrons. The van der Waals surface area contributed by atoms with E-state index in [1.165, 1.54) is 0 Å². The first kappa shape index (κ1) is 16.9. The lowest BCUT2D eigenvalue weighted by molar-refractivity contribution is -0.256. The second-order valence-electron chi connectivity index (χ2n) is 8.23. The lowest BCUT2D eigenvalue weighted by Gasteiger charge is -2.37. The van der Waals surface area contributed by atoms with E-state index in [1.54, 1.807) is 6.07 Å². The van der Waals surface area contributed by atoms with Gasteiger partial charge in [-0.2, -0.15) is 0 Å². The number of ether oxygens (including phenoxy) is 6. The molecule has 0 aliphatic carbocycles. The van der Waals surface area contributed by atoms with Crippen LogP contribution in [0.2, 0.25) is 0 Å². The van der Waals surface area contributed by atoms with Gasteiger partial charge in [0, 0.05) is 5.56 Å². The van der Waals surface area contributed by atoms with E-state index < -0.39 is 35.7 Å². The van der Waals surface area contributed by atoms with Crippen LogP contribution in [0.1, 0.15) is 38.8 Å². The van der Waals surface area contributed by atoms with Gasteiger partial charge in [0.05, 0.1) is 13.2 Å². The molecule has 7 heteroatoms. The van der Waals surface area contributed by atoms with Crippen LogP contribution in [-0.2, 0) is 40.6 Å². The standard InChI is InChI=1S/C19H24O7/c1-17(2)21-9-13(24-17)14-19(15-16(23-14)26-18(3,4)25-15)11-6-5-7-12(20)10(11)8-22-19/h5-7,13-16,20H,8-9H2,1-4H3/t13-,14-,15+,16-,19+/m1/s1. The first-order valence-corrected chi connectivity index (χ1v) is 9.00. The normalized spacial score (nSPS) is 42.3. The van der Waals surface area contributed by atoms with Crippen molar-refractivity contribution < 1.29 is 33.5 Å². The Morgan fingerprint density at radius 1 is 0.962 bits per heavy atom. The summed E-state index contributed by atoms with van der Waals surface area (Å²) in [5.74, 6) is -1.25. The Morgan fingerprint density at radius 2 is 1.77 bits per heavy atom. The summed E-state index contributed by atoms with van der Waals surface area (Å²) < 4.78 is 36.6. The monoisotopic (exact) mass is 364 g/mol. The maximum absolute atomic E-state index is 10.3.